The first-order valence-corrected chi connectivity index (χ1v) is 6.29. The molecule has 0 aliphatic heterocycles. The third-order valence-corrected chi connectivity index (χ3v) is 3.45. The van der Waals surface area contributed by atoms with Crippen LogP contribution in [0.15, 0.2) is 24.3 Å². The number of esters is 1. The second kappa shape index (κ2) is 5.40. The van der Waals surface area contributed by atoms with Gasteiger partial charge in [-0.3, -0.25) is 4.79 Å². The summed E-state index contributed by atoms with van der Waals surface area (Å²) in [6.45, 7) is 0. The van der Waals surface area contributed by atoms with E-state index in [2.05, 4.69) is 10.1 Å². The minimum atomic E-state index is -0.395. The van der Waals surface area contributed by atoms with Gasteiger partial charge in [0.25, 0.3) is 0 Å². The fraction of sp³-hybridized carbons (Fsp3) is 0.429. The highest BCUT2D eigenvalue weighted by Crippen LogP contribution is 2.32. The number of carbonyl (C=O) groups is 2. The van der Waals surface area contributed by atoms with Crippen molar-refractivity contribution in [1.29, 1.82) is 0 Å². The molecule has 1 fully saturated rings. The monoisotopic (exact) mass is 262 g/mol. The predicted octanol–water partition coefficient (Wildman–Crippen LogP) is 1.68. The molecule has 1 amide bonds. The summed E-state index contributed by atoms with van der Waals surface area (Å²) >= 11 is 0. The van der Waals surface area contributed by atoms with Gasteiger partial charge in [0.05, 0.1) is 12.7 Å². The molecule has 3 N–H and O–H groups in total. The summed E-state index contributed by atoms with van der Waals surface area (Å²) in [4.78, 5) is 23.1. The Morgan fingerprint density at radius 3 is 2.42 bits per heavy atom. The van der Waals surface area contributed by atoms with Crippen molar-refractivity contribution in [2.75, 3.05) is 12.4 Å². The fourth-order valence-electron chi connectivity index (χ4n) is 2.14. The number of rotatable bonds is 4. The van der Waals surface area contributed by atoms with E-state index >= 15 is 0 Å². The van der Waals surface area contributed by atoms with Gasteiger partial charge in [0.1, 0.15) is 0 Å². The van der Waals surface area contributed by atoms with Crippen LogP contribution in [0.4, 0.5) is 5.69 Å². The van der Waals surface area contributed by atoms with Gasteiger partial charge in [0.15, 0.2) is 0 Å². The molecule has 0 spiro atoms. The van der Waals surface area contributed by atoms with E-state index in [0.717, 1.165) is 19.3 Å². The molecule has 0 radical (unpaired) electrons. The third kappa shape index (κ3) is 3.32. The van der Waals surface area contributed by atoms with Gasteiger partial charge in [-0.2, -0.15) is 0 Å². The van der Waals surface area contributed by atoms with Crippen LogP contribution < -0.4 is 11.1 Å². The maximum Gasteiger partial charge on any atom is 0.337 e. The number of ether oxygens (including phenoxy) is 1. The Balaban J connectivity index is 1.92. The molecular weight excluding hydrogens is 244 g/mol. The van der Waals surface area contributed by atoms with Gasteiger partial charge in [0, 0.05) is 17.6 Å². The van der Waals surface area contributed by atoms with Gasteiger partial charge in [0.2, 0.25) is 5.91 Å². The molecule has 102 valence electrons. The molecular formula is C14H18N2O3. The normalized spacial score (nSPS) is 16.3. The van der Waals surface area contributed by atoms with Crippen LogP contribution in [0.5, 0.6) is 0 Å². The summed E-state index contributed by atoms with van der Waals surface area (Å²) in [6, 6.07) is 6.58. The first-order chi connectivity index (χ1) is 9.02. The van der Waals surface area contributed by atoms with E-state index < -0.39 is 5.97 Å². The maximum absolute atomic E-state index is 11.8. The Labute approximate surface area is 112 Å². The molecule has 0 unspecified atom stereocenters. The first kappa shape index (κ1) is 13.5. The van der Waals surface area contributed by atoms with Crippen molar-refractivity contribution < 1.29 is 14.3 Å². The second-order valence-corrected chi connectivity index (χ2v) is 5.01. The zero-order valence-electron chi connectivity index (χ0n) is 10.9. The van der Waals surface area contributed by atoms with E-state index in [1.807, 2.05) is 0 Å². The highest BCUT2D eigenvalue weighted by molar-refractivity contribution is 5.93. The number of anilines is 1. The van der Waals surface area contributed by atoms with Crippen molar-refractivity contribution in [3.05, 3.63) is 29.8 Å². The molecule has 1 saturated carbocycles. The van der Waals surface area contributed by atoms with Crippen LogP contribution in [0.1, 0.15) is 36.0 Å². The van der Waals surface area contributed by atoms with Crippen LogP contribution in [-0.2, 0) is 9.53 Å². The number of benzene rings is 1. The van der Waals surface area contributed by atoms with E-state index in [4.69, 9.17) is 5.73 Å². The van der Waals surface area contributed by atoms with Crippen molar-refractivity contribution in [3.8, 4) is 0 Å². The van der Waals surface area contributed by atoms with Crippen LogP contribution in [0.2, 0.25) is 0 Å². The van der Waals surface area contributed by atoms with Gasteiger partial charge in [-0.15, -0.1) is 0 Å². The summed E-state index contributed by atoms with van der Waals surface area (Å²) in [7, 11) is 1.33. The van der Waals surface area contributed by atoms with Crippen molar-refractivity contribution >= 4 is 17.6 Å². The first-order valence-electron chi connectivity index (χ1n) is 6.29. The minimum Gasteiger partial charge on any atom is -0.465 e. The predicted molar refractivity (Wildman–Crippen MR) is 71.8 cm³/mol. The van der Waals surface area contributed by atoms with E-state index in [1.165, 1.54) is 7.11 Å². The zero-order chi connectivity index (χ0) is 13.9. The Kier molecular flexibility index (Phi) is 3.85. The minimum absolute atomic E-state index is 0.0898. The molecule has 2 rings (SSSR count). The van der Waals surface area contributed by atoms with Crippen molar-refractivity contribution in [2.45, 2.75) is 31.2 Å². The van der Waals surface area contributed by atoms with Gasteiger partial charge in [-0.05, 0) is 43.5 Å². The molecule has 1 aromatic carbocycles. The Hall–Kier alpha value is -1.88. The third-order valence-electron chi connectivity index (χ3n) is 3.45. The topological polar surface area (TPSA) is 81.4 Å². The molecule has 1 aliphatic rings. The number of nitrogens with two attached hydrogens (primary N) is 1. The number of amides is 1. The van der Waals surface area contributed by atoms with Crippen LogP contribution >= 0.6 is 0 Å². The summed E-state index contributed by atoms with van der Waals surface area (Å²) in [5.41, 5.74) is 6.80. The summed E-state index contributed by atoms with van der Waals surface area (Å²) in [6.07, 6.45) is 3.24. The zero-order valence-corrected chi connectivity index (χ0v) is 10.9. The molecule has 0 bridgehead atoms. The molecule has 1 aromatic rings. The number of hydrogen-bond donors (Lipinski definition) is 2. The smallest absolute Gasteiger partial charge is 0.337 e. The van der Waals surface area contributed by atoms with E-state index in [1.54, 1.807) is 24.3 Å². The number of nitrogens with one attached hydrogen (secondary N) is 1. The molecule has 1 aliphatic carbocycles. The summed E-state index contributed by atoms with van der Waals surface area (Å²) < 4.78 is 4.60. The van der Waals surface area contributed by atoms with E-state index in [0.29, 0.717) is 17.7 Å². The van der Waals surface area contributed by atoms with Crippen LogP contribution in [0.3, 0.4) is 0 Å². The second-order valence-electron chi connectivity index (χ2n) is 5.01. The number of hydrogen-bond acceptors (Lipinski definition) is 4. The molecule has 0 atom stereocenters. The van der Waals surface area contributed by atoms with Gasteiger partial charge in [-0.1, -0.05) is 0 Å². The average Bonchev–Trinajstić information content (AvgIpc) is 2.36. The Bertz CT molecular complexity index is 478. The number of methoxy groups -OCH3 is 1. The maximum atomic E-state index is 11.8. The lowest BCUT2D eigenvalue weighted by molar-refractivity contribution is -0.118. The van der Waals surface area contributed by atoms with Crippen LogP contribution in [0, 0.1) is 0 Å². The van der Waals surface area contributed by atoms with Crippen molar-refractivity contribution in [1.82, 2.24) is 0 Å². The quantitative estimate of drug-likeness (QED) is 0.809. The fourth-order valence-corrected chi connectivity index (χ4v) is 2.14. The molecule has 0 heterocycles. The molecule has 5 nitrogen and oxygen atoms in total. The standard InChI is InChI=1S/C14H18N2O3/c1-19-13(18)10-3-5-11(6-4-10)16-12(17)9-14(15)7-2-8-14/h3-6H,2,7-9,15H2,1H3,(H,16,17). The van der Waals surface area contributed by atoms with Crippen LogP contribution in [0.25, 0.3) is 0 Å². The van der Waals surface area contributed by atoms with Gasteiger partial charge >= 0.3 is 5.97 Å². The van der Waals surface area contributed by atoms with Crippen molar-refractivity contribution in [2.24, 2.45) is 5.73 Å². The molecule has 0 aromatic heterocycles. The lowest BCUT2D eigenvalue weighted by atomic mass is 9.75. The summed E-state index contributed by atoms with van der Waals surface area (Å²) in [5, 5.41) is 2.78. The van der Waals surface area contributed by atoms with Crippen LogP contribution in [-0.4, -0.2) is 24.5 Å². The molecule has 0 saturated heterocycles. The largest absolute Gasteiger partial charge is 0.465 e. The summed E-state index contributed by atoms with van der Waals surface area (Å²) in [5.74, 6) is -0.485. The number of carbonyl (C=O) groups excluding carboxylic acids is 2. The average molecular weight is 262 g/mol. The highest BCUT2D eigenvalue weighted by atomic mass is 16.5. The van der Waals surface area contributed by atoms with E-state index in [9.17, 15) is 9.59 Å². The van der Waals surface area contributed by atoms with Gasteiger partial charge in [-0.25, -0.2) is 4.79 Å². The van der Waals surface area contributed by atoms with Crippen molar-refractivity contribution in [3.63, 3.8) is 0 Å². The lowest BCUT2D eigenvalue weighted by Gasteiger charge is -2.37. The van der Waals surface area contributed by atoms with Gasteiger partial charge < -0.3 is 15.8 Å². The molecule has 19 heavy (non-hydrogen) atoms. The Morgan fingerprint density at radius 1 is 1.32 bits per heavy atom. The Morgan fingerprint density at radius 2 is 1.95 bits per heavy atom. The lowest BCUT2D eigenvalue weighted by Crippen LogP contribution is -2.48. The SMILES string of the molecule is COC(=O)c1ccc(NC(=O)CC2(N)CCC2)cc1. The highest BCUT2D eigenvalue weighted by Gasteiger charge is 2.34. The van der Waals surface area contributed by atoms with E-state index in [-0.39, 0.29) is 11.4 Å². The molecule has 5 heteroatoms.